The smallest absolute Gasteiger partial charge is 0.229 e. The van der Waals surface area contributed by atoms with E-state index in [2.05, 4.69) is 28.9 Å². The Bertz CT molecular complexity index is 816. The van der Waals surface area contributed by atoms with E-state index >= 15 is 0 Å². The van der Waals surface area contributed by atoms with Crippen LogP contribution >= 0.6 is 0 Å². The highest BCUT2D eigenvalue weighted by molar-refractivity contribution is 5.77. The Labute approximate surface area is 164 Å². The summed E-state index contributed by atoms with van der Waals surface area (Å²) in [5.41, 5.74) is 0.945. The molecular weight excluding hydrogens is 359 g/mol. The minimum atomic E-state index is -0.261. The number of nitrogens with zero attached hydrogens (tertiary/aromatic N) is 4. The molecule has 2 aliphatic rings. The van der Waals surface area contributed by atoms with Gasteiger partial charge >= 0.3 is 0 Å². The minimum Gasteiger partial charge on any atom is -0.339 e. The molecule has 1 aliphatic carbocycles. The van der Waals surface area contributed by atoms with Crippen LogP contribution in [-0.2, 0) is 17.9 Å². The molecule has 2 heterocycles. The zero-order chi connectivity index (χ0) is 19.7. The second kappa shape index (κ2) is 7.99. The SMILES string of the molecule is CC(C)[C@H]1CN(Cc2noc(C3CC3)n2)CCC(=O)N1Cc1ccc(F)cc1. The van der Waals surface area contributed by atoms with Crippen molar-refractivity contribution in [2.45, 2.75) is 58.2 Å². The lowest BCUT2D eigenvalue weighted by atomic mass is 10.0. The summed E-state index contributed by atoms with van der Waals surface area (Å²) in [7, 11) is 0. The normalized spacial score (nSPS) is 21.4. The van der Waals surface area contributed by atoms with Gasteiger partial charge in [0.25, 0.3) is 0 Å². The molecule has 0 bridgehead atoms. The van der Waals surface area contributed by atoms with Crippen molar-refractivity contribution in [3.05, 3.63) is 47.4 Å². The molecule has 1 atom stereocenters. The van der Waals surface area contributed by atoms with Gasteiger partial charge in [0.2, 0.25) is 11.8 Å². The number of carbonyl (C=O) groups is 1. The second-order valence-electron chi connectivity index (χ2n) is 8.27. The van der Waals surface area contributed by atoms with Crippen LogP contribution < -0.4 is 0 Å². The molecule has 1 amide bonds. The van der Waals surface area contributed by atoms with E-state index in [4.69, 9.17) is 4.52 Å². The van der Waals surface area contributed by atoms with Gasteiger partial charge in [0.15, 0.2) is 5.82 Å². The van der Waals surface area contributed by atoms with Crippen LogP contribution in [0.2, 0.25) is 0 Å². The Morgan fingerprint density at radius 3 is 2.64 bits per heavy atom. The molecule has 1 aromatic carbocycles. The second-order valence-corrected chi connectivity index (χ2v) is 8.27. The van der Waals surface area contributed by atoms with E-state index in [0.29, 0.717) is 43.7 Å². The molecule has 2 fully saturated rings. The third kappa shape index (κ3) is 4.41. The lowest BCUT2D eigenvalue weighted by Gasteiger charge is -2.34. The van der Waals surface area contributed by atoms with Crippen molar-refractivity contribution in [1.29, 1.82) is 0 Å². The molecule has 2 aromatic rings. The predicted molar refractivity (Wildman–Crippen MR) is 102 cm³/mol. The van der Waals surface area contributed by atoms with E-state index in [9.17, 15) is 9.18 Å². The summed E-state index contributed by atoms with van der Waals surface area (Å²) >= 11 is 0. The van der Waals surface area contributed by atoms with Gasteiger partial charge in [-0.3, -0.25) is 9.69 Å². The van der Waals surface area contributed by atoms with Gasteiger partial charge in [0, 0.05) is 38.0 Å². The first-order chi connectivity index (χ1) is 13.5. The van der Waals surface area contributed by atoms with Gasteiger partial charge in [-0.25, -0.2) is 4.39 Å². The number of aromatic nitrogens is 2. The van der Waals surface area contributed by atoms with Gasteiger partial charge < -0.3 is 9.42 Å². The van der Waals surface area contributed by atoms with Crippen LogP contribution in [0.3, 0.4) is 0 Å². The van der Waals surface area contributed by atoms with Crippen LogP contribution in [0.15, 0.2) is 28.8 Å². The van der Waals surface area contributed by atoms with Crippen LogP contribution in [0.1, 0.15) is 56.3 Å². The lowest BCUT2D eigenvalue weighted by molar-refractivity contribution is -0.134. The monoisotopic (exact) mass is 386 g/mol. The number of hydrogen-bond acceptors (Lipinski definition) is 5. The number of carbonyl (C=O) groups excluding carboxylic acids is 1. The molecule has 150 valence electrons. The lowest BCUT2D eigenvalue weighted by Crippen LogP contribution is -2.45. The molecule has 6 nitrogen and oxygen atoms in total. The number of halogens is 1. The van der Waals surface area contributed by atoms with Crippen molar-refractivity contribution >= 4 is 5.91 Å². The summed E-state index contributed by atoms with van der Waals surface area (Å²) in [6, 6.07) is 6.47. The minimum absolute atomic E-state index is 0.0786. The van der Waals surface area contributed by atoms with Crippen molar-refractivity contribution in [2.24, 2.45) is 5.92 Å². The Balaban J connectivity index is 1.47. The maximum Gasteiger partial charge on any atom is 0.229 e. The van der Waals surface area contributed by atoms with Gasteiger partial charge in [0.05, 0.1) is 6.54 Å². The fourth-order valence-corrected chi connectivity index (χ4v) is 3.77. The summed E-state index contributed by atoms with van der Waals surface area (Å²) in [6.07, 6.45) is 2.72. The van der Waals surface area contributed by atoms with E-state index in [1.54, 1.807) is 12.1 Å². The first kappa shape index (κ1) is 19.1. The van der Waals surface area contributed by atoms with Crippen molar-refractivity contribution in [1.82, 2.24) is 19.9 Å². The molecule has 0 radical (unpaired) electrons. The van der Waals surface area contributed by atoms with Gasteiger partial charge in [-0.05, 0) is 36.5 Å². The van der Waals surface area contributed by atoms with Gasteiger partial charge in [0.1, 0.15) is 5.82 Å². The van der Waals surface area contributed by atoms with Crippen molar-refractivity contribution < 1.29 is 13.7 Å². The first-order valence-electron chi connectivity index (χ1n) is 10.1. The van der Waals surface area contributed by atoms with E-state index < -0.39 is 0 Å². The summed E-state index contributed by atoms with van der Waals surface area (Å²) in [5.74, 6) is 2.07. The van der Waals surface area contributed by atoms with Crippen LogP contribution in [-0.4, -0.2) is 45.0 Å². The quantitative estimate of drug-likeness (QED) is 0.762. The van der Waals surface area contributed by atoms with Crippen molar-refractivity contribution in [2.75, 3.05) is 13.1 Å². The average Bonchev–Trinajstić information content (AvgIpc) is 3.44. The Kier molecular flexibility index (Phi) is 5.44. The predicted octanol–water partition coefficient (Wildman–Crippen LogP) is 3.35. The molecule has 28 heavy (non-hydrogen) atoms. The fraction of sp³-hybridized carbons (Fsp3) is 0.571. The highest BCUT2D eigenvalue weighted by Gasteiger charge is 2.33. The van der Waals surface area contributed by atoms with Crippen LogP contribution in [0, 0.1) is 11.7 Å². The van der Waals surface area contributed by atoms with Crippen molar-refractivity contribution in [3.63, 3.8) is 0 Å². The highest BCUT2D eigenvalue weighted by Crippen LogP contribution is 2.38. The summed E-state index contributed by atoms with van der Waals surface area (Å²) in [4.78, 5) is 21.6. The highest BCUT2D eigenvalue weighted by atomic mass is 19.1. The fourth-order valence-electron chi connectivity index (χ4n) is 3.77. The summed E-state index contributed by atoms with van der Waals surface area (Å²) < 4.78 is 18.6. The van der Waals surface area contributed by atoms with Crippen LogP contribution in [0.4, 0.5) is 4.39 Å². The molecule has 0 N–H and O–H groups in total. The van der Waals surface area contributed by atoms with Gasteiger partial charge in [-0.15, -0.1) is 0 Å². The third-order valence-electron chi connectivity index (χ3n) is 5.62. The van der Waals surface area contributed by atoms with E-state index in [1.807, 2.05) is 4.90 Å². The van der Waals surface area contributed by atoms with Crippen molar-refractivity contribution in [3.8, 4) is 0 Å². The zero-order valence-electron chi connectivity index (χ0n) is 16.5. The summed E-state index contributed by atoms with van der Waals surface area (Å²) in [5, 5.41) is 4.12. The number of benzene rings is 1. The molecule has 0 spiro atoms. The standard InChI is InChI=1S/C21H27FN4O2/c1-14(2)18-12-25(13-19-23-21(28-24-19)16-5-6-16)10-9-20(27)26(18)11-15-3-7-17(22)8-4-15/h3-4,7-8,14,16,18H,5-6,9-13H2,1-2H3/t18-/m1/s1. The van der Waals surface area contributed by atoms with Crippen LogP contribution in [0.5, 0.6) is 0 Å². The molecule has 1 saturated carbocycles. The first-order valence-corrected chi connectivity index (χ1v) is 10.1. The van der Waals surface area contributed by atoms with Crippen LogP contribution in [0.25, 0.3) is 0 Å². The maximum absolute atomic E-state index is 13.2. The van der Waals surface area contributed by atoms with E-state index in [-0.39, 0.29) is 17.8 Å². The maximum atomic E-state index is 13.2. The largest absolute Gasteiger partial charge is 0.339 e. The molecule has 4 rings (SSSR count). The topological polar surface area (TPSA) is 62.5 Å². The molecular formula is C21H27FN4O2. The van der Waals surface area contributed by atoms with E-state index in [0.717, 1.165) is 30.8 Å². The number of hydrogen-bond donors (Lipinski definition) is 0. The zero-order valence-corrected chi connectivity index (χ0v) is 16.5. The molecule has 7 heteroatoms. The van der Waals surface area contributed by atoms with Gasteiger partial charge in [-0.1, -0.05) is 31.1 Å². The molecule has 0 unspecified atom stereocenters. The number of rotatable bonds is 6. The summed E-state index contributed by atoms with van der Waals surface area (Å²) in [6.45, 7) is 6.81. The van der Waals surface area contributed by atoms with Gasteiger partial charge in [-0.2, -0.15) is 4.98 Å². The third-order valence-corrected chi connectivity index (χ3v) is 5.62. The molecule has 1 saturated heterocycles. The molecule has 1 aliphatic heterocycles. The molecule has 1 aromatic heterocycles. The Morgan fingerprint density at radius 2 is 1.96 bits per heavy atom. The average molecular weight is 386 g/mol. The Morgan fingerprint density at radius 1 is 1.21 bits per heavy atom. The Hall–Kier alpha value is -2.28. The number of amides is 1. The van der Waals surface area contributed by atoms with E-state index in [1.165, 1.54) is 12.1 Å².